The molecule has 6 heteroatoms. The van der Waals surface area contributed by atoms with Crippen molar-refractivity contribution in [3.8, 4) is 0 Å². The molecule has 1 amide bonds. The van der Waals surface area contributed by atoms with Crippen LogP contribution >= 0.6 is 0 Å². The Morgan fingerprint density at radius 1 is 1.33 bits per heavy atom. The summed E-state index contributed by atoms with van der Waals surface area (Å²) < 4.78 is 42.8. The quantitative estimate of drug-likeness (QED) is 0.775. The first-order valence-corrected chi connectivity index (χ1v) is 5.41. The number of carbonyl (C=O) groups is 1. The van der Waals surface area contributed by atoms with E-state index in [9.17, 15) is 18.0 Å². The molecular formula is C12H12F3NO2. The average Bonchev–Trinajstić information content (AvgIpc) is 2.56. The lowest BCUT2D eigenvalue weighted by Crippen LogP contribution is -2.27. The fourth-order valence-corrected chi connectivity index (χ4v) is 1.90. The van der Waals surface area contributed by atoms with Crippen molar-refractivity contribution in [2.24, 2.45) is 0 Å². The molecule has 1 aliphatic heterocycles. The molecule has 0 aliphatic carbocycles. The normalized spacial score (nSPS) is 24.3. The van der Waals surface area contributed by atoms with Crippen LogP contribution in [0.1, 0.15) is 24.2 Å². The molecule has 1 fully saturated rings. The average molecular weight is 259 g/mol. The van der Waals surface area contributed by atoms with Crippen molar-refractivity contribution in [1.82, 2.24) is 4.90 Å². The number of benzene rings is 1. The molecule has 2 rings (SSSR count). The van der Waals surface area contributed by atoms with Crippen molar-refractivity contribution in [2.45, 2.75) is 25.2 Å². The molecule has 3 nitrogen and oxygen atoms in total. The molecule has 0 spiro atoms. The van der Waals surface area contributed by atoms with Gasteiger partial charge >= 0.3 is 12.3 Å². The minimum atomic E-state index is -4.40. The van der Waals surface area contributed by atoms with Gasteiger partial charge in [-0.3, -0.25) is 0 Å². The number of hydrogen-bond acceptors (Lipinski definition) is 2. The lowest BCUT2D eigenvalue weighted by atomic mass is 10.0. The van der Waals surface area contributed by atoms with Gasteiger partial charge in [-0.2, -0.15) is 13.2 Å². The summed E-state index contributed by atoms with van der Waals surface area (Å²) >= 11 is 0. The van der Waals surface area contributed by atoms with Crippen molar-refractivity contribution in [3.63, 3.8) is 0 Å². The summed E-state index contributed by atoms with van der Waals surface area (Å²) in [7, 11) is 1.56. The van der Waals surface area contributed by atoms with E-state index in [4.69, 9.17) is 4.74 Å². The van der Waals surface area contributed by atoms with Gasteiger partial charge in [0.25, 0.3) is 0 Å². The van der Waals surface area contributed by atoms with Crippen LogP contribution in [0.4, 0.5) is 18.0 Å². The standard InChI is InChI=1S/C12H12F3NO2/c1-7-10(18-11(17)16(7)2)8-4-3-5-9(6-8)12(13,14)15/h3-7,10H,1-2H3/t7-,10?/m0/s1. The maximum atomic E-state index is 12.6. The number of rotatable bonds is 1. The zero-order valence-electron chi connectivity index (χ0n) is 9.86. The summed E-state index contributed by atoms with van der Waals surface area (Å²) in [6, 6.07) is 4.57. The first-order chi connectivity index (χ1) is 8.30. The summed E-state index contributed by atoms with van der Waals surface area (Å²) in [6.07, 6.45) is -5.58. The van der Waals surface area contributed by atoms with E-state index in [-0.39, 0.29) is 6.04 Å². The monoisotopic (exact) mass is 259 g/mol. The molecule has 1 aliphatic rings. The second-order valence-electron chi connectivity index (χ2n) is 4.28. The van der Waals surface area contributed by atoms with Gasteiger partial charge in [-0.25, -0.2) is 4.79 Å². The highest BCUT2D eigenvalue weighted by Gasteiger charge is 2.38. The maximum absolute atomic E-state index is 12.6. The molecule has 0 radical (unpaired) electrons. The Labute approximate surface area is 102 Å². The third kappa shape index (κ3) is 2.14. The number of halogens is 3. The maximum Gasteiger partial charge on any atom is 0.416 e. The number of nitrogens with zero attached hydrogens (tertiary/aromatic N) is 1. The van der Waals surface area contributed by atoms with Crippen LogP contribution in [0.15, 0.2) is 24.3 Å². The lowest BCUT2D eigenvalue weighted by molar-refractivity contribution is -0.137. The number of cyclic esters (lactones) is 1. The van der Waals surface area contributed by atoms with Crippen LogP contribution in [0.25, 0.3) is 0 Å². The first kappa shape index (κ1) is 12.7. The van der Waals surface area contributed by atoms with Crippen LogP contribution < -0.4 is 0 Å². The predicted octanol–water partition coefficient (Wildman–Crippen LogP) is 3.22. The Morgan fingerprint density at radius 3 is 2.50 bits per heavy atom. The number of amides is 1. The van der Waals surface area contributed by atoms with E-state index in [1.54, 1.807) is 14.0 Å². The molecule has 2 atom stereocenters. The molecular weight excluding hydrogens is 247 g/mol. The molecule has 0 N–H and O–H groups in total. The van der Waals surface area contributed by atoms with Crippen LogP contribution in [0, 0.1) is 0 Å². The Bertz CT molecular complexity index is 473. The molecule has 1 saturated heterocycles. The third-order valence-corrected chi connectivity index (χ3v) is 3.11. The van der Waals surface area contributed by atoms with E-state index in [0.717, 1.165) is 12.1 Å². The van der Waals surface area contributed by atoms with Gasteiger partial charge in [-0.05, 0) is 24.6 Å². The summed E-state index contributed by atoms with van der Waals surface area (Å²) in [5.41, 5.74) is -0.382. The second kappa shape index (κ2) is 4.19. The Hall–Kier alpha value is -1.72. The van der Waals surface area contributed by atoms with Crippen molar-refractivity contribution < 1.29 is 22.7 Å². The molecule has 1 aromatic rings. The molecule has 0 bridgehead atoms. The Morgan fingerprint density at radius 2 is 2.00 bits per heavy atom. The zero-order valence-corrected chi connectivity index (χ0v) is 9.86. The highest BCUT2D eigenvalue weighted by molar-refractivity contribution is 5.70. The van der Waals surface area contributed by atoms with Crippen LogP contribution in [0.3, 0.4) is 0 Å². The third-order valence-electron chi connectivity index (χ3n) is 3.11. The second-order valence-corrected chi connectivity index (χ2v) is 4.28. The molecule has 0 aromatic heterocycles. The van der Waals surface area contributed by atoms with Gasteiger partial charge in [0, 0.05) is 7.05 Å². The summed E-state index contributed by atoms with van der Waals surface area (Å²) in [5, 5.41) is 0. The van der Waals surface area contributed by atoms with E-state index in [0.29, 0.717) is 5.56 Å². The van der Waals surface area contributed by atoms with Gasteiger partial charge in [0.1, 0.15) is 6.10 Å². The fourth-order valence-electron chi connectivity index (χ4n) is 1.90. The molecule has 18 heavy (non-hydrogen) atoms. The lowest BCUT2D eigenvalue weighted by Gasteiger charge is -2.17. The van der Waals surface area contributed by atoms with Crippen LogP contribution in [-0.4, -0.2) is 24.1 Å². The van der Waals surface area contributed by atoms with Crippen molar-refractivity contribution >= 4 is 6.09 Å². The van der Waals surface area contributed by atoms with Crippen molar-refractivity contribution in [3.05, 3.63) is 35.4 Å². The molecule has 98 valence electrons. The number of alkyl halides is 3. The smallest absolute Gasteiger partial charge is 0.416 e. The van der Waals surface area contributed by atoms with E-state index in [1.807, 2.05) is 0 Å². The number of carbonyl (C=O) groups excluding carboxylic acids is 1. The summed E-state index contributed by atoms with van der Waals surface area (Å²) in [4.78, 5) is 12.7. The summed E-state index contributed by atoms with van der Waals surface area (Å²) in [6.45, 7) is 1.73. The largest absolute Gasteiger partial charge is 0.439 e. The summed E-state index contributed by atoms with van der Waals surface area (Å²) in [5.74, 6) is 0. The molecule has 0 saturated carbocycles. The van der Waals surface area contributed by atoms with E-state index in [2.05, 4.69) is 0 Å². The minimum absolute atomic E-state index is 0.291. The van der Waals surface area contributed by atoms with Gasteiger partial charge in [-0.15, -0.1) is 0 Å². The SMILES string of the molecule is C[C@H]1C(c2cccc(C(F)(F)F)c2)OC(=O)N1C. The van der Waals surface area contributed by atoms with Crippen molar-refractivity contribution in [1.29, 1.82) is 0 Å². The van der Waals surface area contributed by atoms with Crippen LogP contribution in [-0.2, 0) is 10.9 Å². The first-order valence-electron chi connectivity index (χ1n) is 5.41. The van der Waals surface area contributed by atoms with Gasteiger partial charge in [0.05, 0.1) is 11.6 Å². The van der Waals surface area contributed by atoms with Crippen molar-refractivity contribution in [2.75, 3.05) is 7.05 Å². The van der Waals surface area contributed by atoms with Gasteiger partial charge in [0.15, 0.2) is 0 Å². The topological polar surface area (TPSA) is 29.5 Å². The van der Waals surface area contributed by atoms with E-state index in [1.165, 1.54) is 17.0 Å². The molecule has 1 heterocycles. The number of hydrogen-bond donors (Lipinski definition) is 0. The molecule has 1 unspecified atom stereocenters. The Balaban J connectivity index is 2.33. The van der Waals surface area contributed by atoms with E-state index < -0.39 is 23.9 Å². The fraction of sp³-hybridized carbons (Fsp3) is 0.417. The highest BCUT2D eigenvalue weighted by atomic mass is 19.4. The van der Waals surface area contributed by atoms with Gasteiger partial charge in [-0.1, -0.05) is 12.1 Å². The van der Waals surface area contributed by atoms with E-state index >= 15 is 0 Å². The van der Waals surface area contributed by atoms with Crippen LogP contribution in [0.2, 0.25) is 0 Å². The number of likely N-dealkylation sites (N-methyl/N-ethyl adjacent to an activating group) is 1. The zero-order chi connectivity index (χ0) is 13.5. The van der Waals surface area contributed by atoms with Crippen LogP contribution in [0.5, 0.6) is 0 Å². The minimum Gasteiger partial charge on any atom is -0.439 e. The van der Waals surface area contributed by atoms with Gasteiger partial charge in [0.2, 0.25) is 0 Å². The van der Waals surface area contributed by atoms with Gasteiger partial charge < -0.3 is 9.64 Å². The predicted molar refractivity (Wildman–Crippen MR) is 57.9 cm³/mol. The molecule has 1 aromatic carbocycles. The number of ether oxygens (including phenoxy) is 1. The Kier molecular flexibility index (Phi) is 2.96. The highest BCUT2D eigenvalue weighted by Crippen LogP contribution is 2.35.